The van der Waals surface area contributed by atoms with Crippen LogP contribution in [0, 0.1) is 11.6 Å². The number of carbonyl (C=O) groups excluding carboxylic acids is 1. The van der Waals surface area contributed by atoms with Gasteiger partial charge in [-0.3, -0.25) is 14.8 Å². The smallest absolute Gasteiger partial charge is 0.257 e. The third-order valence-electron chi connectivity index (χ3n) is 7.54. The van der Waals surface area contributed by atoms with E-state index in [9.17, 15) is 4.79 Å². The number of hydrogen-bond donors (Lipinski definition) is 1. The molecule has 3 aromatic heterocycles. The highest BCUT2D eigenvalue weighted by Crippen LogP contribution is 2.37. The Kier molecular flexibility index (Phi) is 6.68. The van der Waals surface area contributed by atoms with Crippen molar-refractivity contribution in [1.29, 1.82) is 0 Å². The van der Waals surface area contributed by atoms with Crippen LogP contribution in [0.15, 0.2) is 48.4 Å². The molecule has 0 bridgehead atoms. The summed E-state index contributed by atoms with van der Waals surface area (Å²) in [6.45, 7) is 3.02. The molecular weight excluding hydrogens is 572 g/mol. The number of nitrogens with zero attached hydrogens (tertiary/aromatic N) is 6. The van der Waals surface area contributed by atoms with Gasteiger partial charge < -0.3 is 14.2 Å². The van der Waals surface area contributed by atoms with Crippen LogP contribution in [0.2, 0.25) is 5.02 Å². The number of ether oxygens (including phenoxy) is 1. The number of hydrogen-bond acceptors (Lipinski definition) is 7. The van der Waals surface area contributed by atoms with E-state index in [1.54, 1.807) is 36.2 Å². The van der Waals surface area contributed by atoms with Crippen LogP contribution in [0.25, 0.3) is 22.0 Å². The first-order valence-electron chi connectivity index (χ1n) is 13.2. The summed E-state index contributed by atoms with van der Waals surface area (Å²) in [6, 6.07) is 5.10. The molecule has 0 aliphatic carbocycles. The number of fused-ring (bicyclic) bond motifs is 2. The number of carbonyl (C=O) groups is 1. The Balaban J connectivity index is 1.29. The molecule has 0 saturated carbocycles. The van der Waals surface area contributed by atoms with Crippen molar-refractivity contribution in [2.75, 3.05) is 36.5 Å². The van der Waals surface area contributed by atoms with Crippen molar-refractivity contribution >= 4 is 50.6 Å². The molecule has 2 aromatic carbocycles. The van der Waals surface area contributed by atoms with Gasteiger partial charge in [-0.05, 0) is 36.6 Å². The van der Waals surface area contributed by atoms with Crippen molar-refractivity contribution in [1.82, 2.24) is 24.3 Å². The molecule has 1 N–H and O–H groups in total. The molecule has 1 fully saturated rings. The second kappa shape index (κ2) is 10.5. The van der Waals surface area contributed by atoms with Gasteiger partial charge in [-0.1, -0.05) is 17.7 Å². The predicted octanol–water partition coefficient (Wildman–Crippen LogP) is 5.30. The Morgan fingerprint density at radius 2 is 2.00 bits per heavy atom. The van der Waals surface area contributed by atoms with Crippen LogP contribution < -0.4 is 10.2 Å². The zero-order valence-corrected chi connectivity index (χ0v) is 23.3. The molecular formula is C28H24ClF2N7O2S. The summed E-state index contributed by atoms with van der Waals surface area (Å²) in [5, 5.41) is 10.1. The molecule has 41 heavy (non-hydrogen) atoms. The number of aryl methyl sites for hydroxylation is 1. The van der Waals surface area contributed by atoms with Crippen LogP contribution in [0.5, 0.6) is 0 Å². The highest BCUT2D eigenvalue weighted by atomic mass is 35.5. The zero-order chi connectivity index (χ0) is 28.1. The topological polar surface area (TPSA) is 90.1 Å². The minimum Gasteiger partial charge on any atom is -0.378 e. The van der Waals surface area contributed by atoms with Crippen molar-refractivity contribution in [3.8, 4) is 11.1 Å². The summed E-state index contributed by atoms with van der Waals surface area (Å²) in [6.07, 6.45) is 6.57. The number of halogens is 3. The van der Waals surface area contributed by atoms with Crippen molar-refractivity contribution in [2.45, 2.75) is 25.4 Å². The van der Waals surface area contributed by atoms with E-state index in [1.165, 1.54) is 28.2 Å². The molecule has 1 atom stereocenters. The molecule has 1 saturated heterocycles. The maximum Gasteiger partial charge on any atom is 0.257 e. The van der Waals surface area contributed by atoms with Crippen LogP contribution in [0.1, 0.15) is 23.9 Å². The molecule has 13 heteroatoms. The minimum atomic E-state index is -0.982. The fourth-order valence-corrected chi connectivity index (χ4v) is 6.34. The number of imidazole rings is 1. The van der Waals surface area contributed by atoms with Crippen LogP contribution >= 0.6 is 22.9 Å². The van der Waals surface area contributed by atoms with Crippen molar-refractivity contribution < 1.29 is 18.3 Å². The molecule has 9 nitrogen and oxygen atoms in total. The summed E-state index contributed by atoms with van der Waals surface area (Å²) in [5.74, 6) is -1.52. The van der Waals surface area contributed by atoms with Gasteiger partial charge in [0.2, 0.25) is 0 Å². The number of nitrogens with one attached hydrogen (secondary N) is 1. The number of amides is 1. The standard InChI is InChI=1S/C28H24ClF2N7O2S/c29-19-13-17(16-3-4-21(20(30)12-16)36-7-9-40-10-8-36)23(31)24-18(19)14-38(35-24)26(27(39)34-28-32-5-11-41-28)25-22-2-1-6-37(22)15-33-25/h3-5,11-15,26H,1-2,6-10H2,(H,32,34,39). The van der Waals surface area contributed by atoms with Crippen molar-refractivity contribution in [2.24, 2.45) is 0 Å². The highest BCUT2D eigenvalue weighted by Gasteiger charge is 2.32. The Morgan fingerprint density at radius 3 is 2.78 bits per heavy atom. The van der Waals surface area contributed by atoms with Gasteiger partial charge >= 0.3 is 0 Å². The first-order valence-corrected chi connectivity index (χ1v) is 14.5. The van der Waals surface area contributed by atoms with E-state index in [1.807, 2.05) is 9.47 Å². The normalized spacial score (nSPS) is 15.8. The van der Waals surface area contributed by atoms with Gasteiger partial charge in [-0.25, -0.2) is 18.7 Å². The van der Waals surface area contributed by atoms with Crippen molar-refractivity contribution in [3.63, 3.8) is 0 Å². The summed E-state index contributed by atoms with van der Waals surface area (Å²) in [4.78, 5) is 24.2. The molecule has 0 radical (unpaired) electrons. The molecule has 1 amide bonds. The Hall–Kier alpha value is -3.87. The third kappa shape index (κ3) is 4.65. The van der Waals surface area contributed by atoms with E-state index in [0.29, 0.717) is 53.8 Å². The fraction of sp³-hybridized carbons (Fsp3) is 0.286. The maximum atomic E-state index is 16.1. The van der Waals surface area contributed by atoms with Crippen LogP contribution in [-0.4, -0.2) is 56.5 Å². The van der Waals surface area contributed by atoms with Crippen LogP contribution in [0.3, 0.4) is 0 Å². The number of morpholine rings is 1. The quantitative estimate of drug-likeness (QED) is 0.287. The van der Waals surface area contributed by atoms with E-state index in [-0.39, 0.29) is 16.1 Å². The Morgan fingerprint density at radius 1 is 1.15 bits per heavy atom. The van der Waals surface area contributed by atoms with Crippen LogP contribution in [0.4, 0.5) is 19.6 Å². The molecule has 2 aliphatic rings. The van der Waals surface area contributed by atoms with Crippen LogP contribution in [-0.2, 0) is 22.5 Å². The average molecular weight is 596 g/mol. The number of anilines is 2. The monoisotopic (exact) mass is 595 g/mol. The Bertz CT molecular complexity index is 1760. The summed E-state index contributed by atoms with van der Waals surface area (Å²) in [7, 11) is 0. The number of thiazole rings is 1. The van der Waals surface area contributed by atoms with E-state index < -0.39 is 23.6 Å². The van der Waals surface area contributed by atoms with Gasteiger partial charge in [0.15, 0.2) is 17.0 Å². The summed E-state index contributed by atoms with van der Waals surface area (Å²) in [5.41, 5.74) is 2.35. The van der Waals surface area contributed by atoms with Gasteiger partial charge in [0.05, 0.1) is 35.9 Å². The molecule has 2 aliphatic heterocycles. The zero-order valence-electron chi connectivity index (χ0n) is 21.7. The number of benzene rings is 2. The van der Waals surface area contributed by atoms with Gasteiger partial charge in [-0.2, -0.15) is 5.10 Å². The van der Waals surface area contributed by atoms with Gasteiger partial charge in [0, 0.05) is 54.1 Å². The lowest BCUT2D eigenvalue weighted by molar-refractivity contribution is -0.118. The maximum absolute atomic E-state index is 16.1. The SMILES string of the molecule is O=C(Nc1nccs1)C(c1ncn2c1CCC2)n1cc2c(Cl)cc(-c3ccc(N4CCOCC4)c(F)c3)c(F)c2n1. The molecule has 1 unspecified atom stereocenters. The molecule has 7 rings (SSSR count). The largest absolute Gasteiger partial charge is 0.378 e. The van der Waals surface area contributed by atoms with E-state index >= 15 is 8.78 Å². The van der Waals surface area contributed by atoms with E-state index in [4.69, 9.17) is 16.3 Å². The summed E-state index contributed by atoms with van der Waals surface area (Å²) >= 11 is 7.93. The van der Waals surface area contributed by atoms with Gasteiger partial charge in [-0.15, -0.1) is 11.3 Å². The van der Waals surface area contributed by atoms with E-state index in [2.05, 4.69) is 20.4 Å². The van der Waals surface area contributed by atoms with Crippen molar-refractivity contribution in [3.05, 3.63) is 76.4 Å². The number of aromatic nitrogens is 5. The lowest BCUT2D eigenvalue weighted by atomic mass is 10.0. The fourth-order valence-electron chi connectivity index (χ4n) is 5.56. The predicted molar refractivity (Wildman–Crippen MR) is 153 cm³/mol. The number of rotatable bonds is 6. The molecule has 5 heterocycles. The second-order valence-corrected chi connectivity index (χ2v) is 11.3. The van der Waals surface area contributed by atoms with Gasteiger partial charge in [0.1, 0.15) is 11.3 Å². The summed E-state index contributed by atoms with van der Waals surface area (Å²) < 4.78 is 40.0. The minimum absolute atomic E-state index is 0.0203. The molecule has 210 valence electrons. The average Bonchev–Trinajstić information content (AvgIpc) is 3.78. The first-order chi connectivity index (χ1) is 20.0. The Labute approximate surface area is 242 Å². The van der Waals surface area contributed by atoms with Gasteiger partial charge in [0.25, 0.3) is 5.91 Å². The highest BCUT2D eigenvalue weighted by molar-refractivity contribution is 7.13. The van der Waals surface area contributed by atoms with E-state index in [0.717, 1.165) is 25.1 Å². The molecule has 0 spiro atoms. The first kappa shape index (κ1) is 26.1. The lowest BCUT2D eigenvalue weighted by Crippen LogP contribution is -2.36. The molecule has 5 aromatic rings. The lowest BCUT2D eigenvalue weighted by Gasteiger charge is -2.29. The second-order valence-electron chi connectivity index (χ2n) is 9.96. The third-order valence-corrected chi connectivity index (χ3v) is 8.54.